The number of hydrogen-bond acceptors (Lipinski definition) is 1. The molecule has 1 aromatic rings. The molecule has 1 aromatic carbocycles. The van der Waals surface area contributed by atoms with Crippen molar-refractivity contribution in [3.8, 4) is 0 Å². The lowest BCUT2D eigenvalue weighted by atomic mass is 9.98. The van der Waals surface area contributed by atoms with Crippen LogP contribution < -0.4 is 5.73 Å². The Bertz CT molecular complexity index is 233. The van der Waals surface area contributed by atoms with Gasteiger partial charge in [-0.05, 0) is 36.6 Å². The summed E-state index contributed by atoms with van der Waals surface area (Å²) in [7, 11) is 0. The van der Waals surface area contributed by atoms with Gasteiger partial charge in [-0.25, -0.2) is 0 Å². The first kappa shape index (κ1) is 12.8. The van der Waals surface area contributed by atoms with Crippen molar-refractivity contribution in [2.75, 3.05) is 6.54 Å². The quantitative estimate of drug-likeness (QED) is 0.831. The molecule has 0 heterocycles. The van der Waals surface area contributed by atoms with Crippen LogP contribution in [0.4, 0.5) is 0 Å². The highest BCUT2D eigenvalue weighted by Crippen LogP contribution is 2.19. The molecule has 0 saturated carbocycles. The molecular weight excluding hydrogens is 205 g/mol. The lowest BCUT2D eigenvalue weighted by molar-refractivity contribution is 0.690. The van der Waals surface area contributed by atoms with E-state index in [0.717, 1.165) is 18.0 Å². The zero-order chi connectivity index (χ0) is 8.97. The molecule has 1 unspecified atom stereocenters. The molecule has 74 valence electrons. The molecule has 0 aromatic heterocycles. The van der Waals surface area contributed by atoms with Crippen LogP contribution in [0, 0.1) is 0 Å². The van der Waals surface area contributed by atoms with Crippen molar-refractivity contribution in [1.82, 2.24) is 0 Å². The molecule has 1 rings (SSSR count). The van der Waals surface area contributed by atoms with Crippen LogP contribution in [0.15, 0.2) is 24.3 Å². The van der Waals surface area contributed by atoms with Crippen molar-refractivity contribution in [1.29, 1.82) is 0 Å². The Labute approximate surface area is 90.7 Å². The molecule has 0 aliphatic heterocycles. The van der Waals surface area contributed by atoms with Crippen molar-refractivity contribution < 1.29 is 0 Å². The number of hydrogen-bond donors (Lipinski definition) is 1. The molecule has 0 aliphatic rings. The van der Waals surface area contributed by atoms with Gasteiger partial charge in [0.1, 0.15) is 0 Å². The van der Waals surface area contributed by atoms with Crippen molar-refractivity contribution in [3.05, 3.63) is 34.9 Å². The molecule has 2 N–H and O–H groups in total. The minimum absolute atomic E-state index is 0. The van der Waals surface area contributed by atoms with Gasteiger partial charge in [0.25, 0.3) is 0 Å². The fourth-order valence-electron chi connectivity index (χ4n) is 1.21. The summed E-state index contributed by atoms with van der Waals surface area (Å²) in [4.78, 5) is 0. The highest BCUT2D eigenvalue weighted by molar-refractivity contribution is 6.30. The van der Waals surface area contributed by atoms with E-state index in [-0.39, 0.29) is 12.4 Å². The summed E-state index contributed by atoms with van der Waals surface area (Å²) in [5.41, 5.74) is 6.78. The second-order valence-electron chi connectivity index (χ2n) is 3.03. The van der Waals surface area contributed by atoms with Crippen LogP contribution in [0.5, 0.6) is 0 Å². The Hall–Kier alpha value is -0.240. The molecule has 0 spiro atoms. The summed E-state index contributed by atoms with van der Waals surface area (Å²) in [6.45, 7) is 2.92. The highest BCUT2D eigenvalue weighted by atomic mass is 35.5. The van der Waals surface area contributed by atoms with Gasteiger partial charge in [0.05, 0.1) is 0 Å². The summed E-state index contributed by atoms with van der Waals surface area (Å²) in [5, 5.41) is 0.790. The third kappa shape index (κ3) is 3.99. The first-order valence-corrected chi connectivity index (χ1v) is 4.57. The average Bonchev–Trinajstić information content (AvgIpc) is 2.06. The molecule has 0 amide bonds. The maximum Gasteiger partial charge on any atom is 0.0406 e. The molecule has 0 saturated heterocycles. The highest BCUT2D eigenvalue weighted by Gasteiger charge is 2.02. The van der Waals surface area contributed by atoms with Crippen LogP contribution in [0.3, 0.4) is 0 Å². The number of rotatable bonds is 3. The zero-order valence-corrected chi connectivity index (χ0v) is 9.24. The minimum atomic E-state index is 0. The zero-order valence-electron chi connectivity index (χ0n) is 7.66. The lowest BCUT2D eigenvalue weighted by Gasteiger charge is -2.09. The maximum atomic E-state index is 5.77. The van der Waals surface area contributed by atoms with Crippen LogP contribution >= 0.6 is 24.0 Å². The minimum Gasteiger partial charge on any atom is -0.330 e. The number of nitrogens with two attached hydrogens (primary N) is 1. The largest absolute Gasteiger partial charge is 0.330 e. The van der Waals surface area contributed by atoms with E-state index in [1.54, 1.807) is 0 Å². The Morgan fingerprint density at radius 2 is 1.85 bits per heavy atom. The molecule has 0 bridgehead atoms. The van der Waals surface area contributed by atoms with Crippen molar-refractivity contribution in [2.45, 2.75) is 19.3 Å². The Morgan fingerprint density at radius 3 is 2.31 bits per heavy atom. The molecule has 0 fully saturated rings. The van der Waals surface area contributed by atoms with Crippen molar-refractivity contribution in [2.24, 2.45) is 5.73 Å². The lowest BCUT2D eigenvalue weighted by Crippen LogP contribution is -2.04. The van der Waals surface area contributed by atoms with Gasteiger partial charge in [-0.2, -0.15) is 0 Å². The van der Waals surface area contributed by atoms with Crippen LogP contribution in [-0.2, 0) is 0 Å². The second kappa shape index (κ2) is 6.25. The number of benzene rings is 1. The van der Waals surface area contributed by atoms with Gasteiger partial charge in [-0.1, -0.05) is 30.7 Å². The van der Waals surface area contributed by atoms with E-state index in [2.05, 4.69) is 19.1 Å². The summed E-state index contributed by atoms with van der Waals surface area (Å²) >= 11 is 5.77. The fourth-order valence-corrected chi connectivity index (χ4v) is 1.33. The SMILES string of the molecule is CC(CCN)c1ccc(Cl)cc1.Cl. The van der Waals surface area contributed by atoms with Gasteiger partial charge in [0.2, 0.25) is 0 Å². The normalized spacial score (nSPS) is 11.9. The maximum absolute atomic E-state index is 5.77. The molecular formula is C10H15Cl2N. The standard InChI is InChI=1S/C10H14ClN.ClH/c1-8(6-7-12)9-2-4-10(11)5-3-9;/h2-5,8H,6-7,12H2,1H3;1H. The van der Waals surface area contributed by atoms with E-state index < -0.39 is 0 Å². The fraction of sp³-hybridized carbons (Fsp3) is 0.400. The van der Waals surface area contributed by atoms with Crippen LogP contribution in [0.1, 0.15) is 24.8 Å². The third-order valence-corrected chi connectivity index (χ3v) is 2.29. The van der Waals surface area contributed by atoms with Crippen LogP contribution in [-0.4, -0.2) is 6.54 Å². The van der Waals surface area contributed by atoms with E-state index in [0.29, 0.717) is 5.92 Å². The third-order valence-electron chi connectivity index (χ3n) is 2.04. The van der Waals surface area contributed by atoms with Crippen LogP contribution in [0.25, 0.3) is 0 Å². The number of halogens is 2. The smallest absolute Gasteiger partial charge is 0.0406 e. The van der Waals surface area contributed by atoms with Gasteiger partial charge in [0.15, 0.2) is 0 Å². The molecule has 0 aliphatic carbocycles. The van der Waals surface area contributed by atoms with Crippen molar-refractivity contribution in [3.63, 3.8) is 0 Å². The summed E-state index contributed by atoms with van der Waals surface area (Å²) in [5.74, 6) is 0.535. The van der Waals surface area contributed by atoms with Gasteiger partial charge in [0, 0.05) is 5.02 Å². The molecule has 0 radical (unpaired) electrons. The monoisotopic (exact) mass is 219 g/mol. The molecule has 1 atom stereocenters. The predicted molar refractivity (Wildman–Crippen MR) is 60.8 cm³/mol. The summed E-state index contributed by atoms with van der Waals surface area (Å²) in [6.07, 6.45) is 1.03. The Morgan fingerprint density at radius 1 is 1.31 bits per heavy atom. The van der Waals surface area contributed by atoms with Crippen molar-refractivity contribution >= 4 is 24.0 Å². The van der Waals surface area contributed by atoms with E-state index in [9.17, 15) is 0 Å². The Kier molecular flexibility index (Phi) is 6.13. The molecule has 1 nitrogen and oxygen atoms in total. The van der Waals surface area contributed by atoms with E-state index in [1.165, 1.54) is 5.56 Å². The van der Waals surface area contributed by atoms with E-state index >= 15 is 0 Å². The van der Waals surface area contributed by atoms with Gasteiger partial charge in [-0.3, -0.25) is 0 Å². The first-order valence-electron chi connectivity index (χ1n) is 4.19. The topological polar surface area (TPSA) is 26.0 Å². The van der Waals surface area contributed by atoms with E-state index in [4.69, 9.17) is 17.3 Å². The van der Waals surface area contributed by atoms with E-state index in [1.807, 2.05) is 12.1 Å². The predicted octanol–water partition coefficient (Wildman–Crippen LogP) is 3.21. The van der Waals surface area contributed by atoms with Gasteiger partial charge in [-0.15, -0.1) is 12.4 Å². The Balaban J connectivity index is 0.00000144. The molecule has 3 heteroatoms. The second-order valence-corrected chi connectivity index (χ2v) is 3.47. The summed E-state index contributed by atoms with van der Waals surface area (Å²) in [6, 6.07) is 7.96. The van der Waals surface area contributed by atoms with Crippen LogP contribution in [0.2, 0.25) is 5.02 Å². The average molecular weight is 220 g/mol. The summed E-state index contributed by atoms with van der Waals surface area (Å²) < 4.78 is 0. The molecule has 13 heavy (non-hydrogen) atoms. The van der Waals surface area contributed by atoms with Gasteiger partial charge >= 0.3 is 0 Å². The first-order chi connectivity index (χ1) is 5.74. The van der Waals surface area contributed by atoms with Gasteiger partial charge < -0.3 is 5.73 Å².